The minimum Gasteiger partial charge on any atom is -0.457 e. The highest BCUT2D eigenvalue weighted by atomic mass is 79.9. The van der Waals surface area contributed by atoms with Gasteiger partial charge in [-0.1, -0.05) is 30.3 Å². The second kappa shape index (κ2) is 7.11. The molecule has 0 saturated carbocycles. The van der Waals surface area contributed by atoms with Gasteiger partial charge in [-0.2, -0.15) is 0 Å². The number of nitrogens with one attached hydrogen (secondary N) is 1. The smallest absolute Gasteiger partial charge is 0.255 e. The van der Waals surface area contributed by atoms with Crippen molar-refractivity contribution in [1.29, 1.82) is 0 Å². The molecule has 4 heteroatoms. The quantitative estimate of drug-likeness (QED) is 0.661. The Kier molecular flexibility index (Phi) is 4.74. The molecule has 0 heterocycles. The predicted octanol–water partition coefficient (Wildman–Crippen LogP) is 5.49. The van der Waals surface area contributed by atoms with E-state index in [0.29, 0.717) is 11.3 Å². The zero-order valence-corrected chi connectivity index (χ0v) is 13.8. The largest absolute Gasteiger partial charge is 0.457 e. The van der Waals surface area contributed by atoms with E-state index in [2.05, 4.69) is 21.2 Å². The highest BCUT2D eigenvalue weighted by molar-refractivity contribution is 9.10. The third-order valence-electron chi connectivity index (χ3n) is 3.22. The summed E-state index contributed by atoms with van der Waals surface area (Å²) < 4.78 is 6.56. The van der Waals surface area contributed by atoms with E-state index in [1.54, 1.807) is 24.3 Å². The Morgan fingerprint density at radius 3 is 2.09 bits per heavy atom. The molecule has 0 unspecified atom stereocenters. The fourth-order valence-corrected chi connectivity index (χ4v) is 2.44. The van der Waals surface area contributed by atoms with Gasteiger partial charge in [0, 0.05) is 10.0 Å². The number of benzene rings is 3. The van der Waals surface area contributed by atoms with Crippen molar-refractivity contribution in [3.8, 4) is 11.5 Å². The first kappa shape index (κ1) is 15.3. The zero-order chi connectivity index (χ0) is 16.1. The van der Waals surface area contributed by atoms with Crippen molar-refractivity contribution >= 4 is 27.5 Å². The van der Waals surface area contributed by atoms with Crippen molar-refractivity contribution in [2.24, 2.45) is 0 Å². The SMILES string of the molecule is O=C(Nc1ccccc1Br)c1ccc(Oc2ccccc2)cc1. The molecule has 0 aliphatic rings. The summed E-state index contributed by atoms with van der Waals surface area (Å²) in [5.74, 6) is 1.29. The molecule has 3 aromatic rings. The number of carbonyl (C=O) groups is 1. The number of hydrogen-bond donors (Lipinski definition) is 1. The Labute approximate surface area is 143 Å². The second-order valence-corrected chi connectivity index (χ2v) is 5.73. The van der Waals surface area contributed by atoms with E-state index in [9.17, 15) is 4.79 Å². The van der Waals surface area contributed by atoms with Crippen LogP contribution < -0.4 is 10.1 Å². The third kappa shape index (κ3) is 3.99. The van der Waals surface area contributed by atoms with Crippen LogP contribution in [0.2, 0.25) is 0 Å². The summed E-state index contributed by atoms with van der Waals surface area (Å²) >= 11 is 3.41. The maximum atomic E-state index is 12.3. The lowest BCUT2D eigenvalue weighted by atomic mass is 10.2. The fraction of sp³-hybridized carbons (Fsp3) is 0. The Morgan fingerprint density at radius 2 is 1.39 bits per heavy atom. The standard InChI is InChI=1S/C19H14BrNO2/c20-17-8-4-5-9-18(17)21-19(22)14-10-12-16(13-11-14)23-15-6-2-1-3-7-15/h1-13H,(H,21,22). The number of amides is 1. The van der Waals surface area contributed by atoms with Crippen molar-refractivity contribution in [3.05, 3.63) is 88.9 Å². The first-order chi connectivity index (χ1) is 11.2. The summed E-state index contributed by atoms with van der Waals surface area (Å²) in [5, 5.41) is 2.87. The van der Waals surface area contributed by atoms with Crippen LogP contribution in [-0.4, -0.2) is 5.91 Å². The van der Waals surface area contributed by atoms with E-state index in [0.717, 1.165) is 15.9 Å². The van der Waals surface area contributed by atoms with Crippen LogP contribution in [0.1, 0.15) is 10.4 Å². The van der Waals surface area contributed by atoms with Crippen LogP contribution in [0.25, 0.3) is 0 Å². The Hall–Kier alpha value is -2.59. The fourth-order valence-electron chi connectivity index (χ4n) is 2.06. The van der Waals surface area contributed by atoms with Gasteiger partial charge in [0.15, 0.2) is 0 Å². The molecule has 1 N–H and O–H groups in total. The van der Waals surface area contributed by atoms with Crippen molar-refractivity contribution in [3.63, 3.8) is 0 Å². The molecule has 1 amide bonds. The van der Waals surface area contributed by atoms with Gasteiger partial charge in [0.1, 0.15) is 11.5 Å². The molecular formula is C19H14BrNO2. The molecule has 0 bridgehead atoms. The molecule has 3 nitrogen and oxygen atoms in total. The topological polar surface area (TPSA) is 38.3 Å². The molecule has 3 aromatic carbocycles. The average molecular weight is 368 g/mol. The van der Waals surface area contributed by atoms with Crippen LogP contribution >= 0.6 is 15.9 Å². The van der Waals surface area contributed by atoms with Gasteiger partial charge in [-0.05, 0) is 64.5 Å². The van der Waals surface area contributed by atoms with Gasteiger partial charge in [-0.15, -0.1) is 0 Å². The summed E-state index contributed by atoms with van der Waals surface area (Å²) in [6, 6.07) is 24.1. The molecule has 0 radical (unpaired) electrons. The summed E-state index contributed by atoms with van der Waals surface area (Å²) in [7, 11) is 0. The summed E-state index contributed by atoms with van der Waals surface area (Å²) in [6.07, 6.45) is 0. The van der Waals surface area contributed by atoms with E-state index in [1.165, 1.54) is 0 Å². The number of para-hydroxylation sites is 2. The number of anilines is 1. The van der Waals surface area contributed by atoms with Gasteiger partial charge in [-0.25, -0.2) is 0 Å². The van der Waals surface area contributed by atoms with E-state index in [4.69, 9.17) is 4.74 Å². The minimum absolute atomic E-state index is 0.164. The van der Waals surface area contributed by atoms with E-state index >= 15 is 0 Å². The van der Waals surface area contributed by atoms with Crippen molar-refractivity contribution in [2.45, 2.75) is 0 Å². The molecule has 0 atom stereocenters. The Bertz CT molecular complexity index is 801. The lowest BCUT2D eigenvalue weighted by Crippen LogP contribution is -2.12. The van der Waals surface area contributed by atoms with Crippen molar-refractivity contribution in [1.82, 2.24) is 0 Å². The molecular weight excluding hydrogens is 354 g/mol. The second-order valence-electron chi connectivity index (χ2n) is 4.87. The number of ether oxygens (including phenoxy) is 1. The van der Waals surface area contributed by atoms with Crippen LogP contribution in [-0.2, 0) is 0 Å². The van der Waals surface area contributed by atoms with Crippen LogP contribution in [0.3, 0.4) is 0 Å². The van der Waals surface area contributed by atoms with E-state index in [-0.39, 0.29) is 5.91 Å². The molecule has 0 fully saturated rings. The average Bonchev–Trinajstić information content (AvgIpc) is 2.58. The number of carbonyl (C=O) groups excluding carboxylic acids is 1. The normalized spacial score (nSPS) is 10.1. The summed E-state index contributed by atoms with van der Waals surface area (Å²) in [4.78, 5) is 12.3. The highest BCUT2D eigenvalue weighted by Crippen LogP contribution is 2.23. The maximum absolute atomic E-state index is 12.3. The molecule has 114 valence electrons. The molecule has 0 aliphatic carbocycles. The lowest BCUT2D eigenvalue weighted by Gasteiger charge is -2.08. The van der Waals surface area contributed by atoms with Gasteiger partial charge in [0.25, 0.3) is 5.91 Å². The molecule has 3 rings (SSSR count). The summed E-state index contributed by atoms with van der Waals surface area (Å²) in [6.45, 7) is 0. The van der Waals surface area contributed by atoms with Crippen LogP contribution in [0, 0.1) is 0 Å². The number of hydrogen-bond acceptors (Lipinski definition) is 2. The van der Waals surface area contributed by atoms with Crippen LogP contribution in [0.4, 0.5) is 5.69 Å². The van der Waals surface area contributed by atoms with Gasteiger partial charge < -0.3 is 10.1 Å². The summed E-state index contributed by atoms with van der Waals surface area (Å²) in [5.41, 5.74) is 1.31. The number of halogens is 1. The van der Waals surface area contributed by atoms with Crippen LogP contribution in [0.5, 0.6) is 11.5 Å². The van der Waals surface area contributed by atoms with Crippen LogP contribution in [0.15, 0.2) is 83.3 Å². The first-order valence-electron chi connectivity index (χ1n) is 7.11. The number of rotatable bonds is 4. The molecule has 0 aliphatic heterocycles. The lowest BCUT2D eigenvalue weighted by molar-refractivity contribution is 0.102. The first-order valence-corrected chi connectivity index (χ1v) is 7.90. The van der Waals surface area contributed by atoms with Gasteiger partial charge >= 0.3 is 0 Å². The molecule has 23 heavy (non-hydrogen) atoms. The third-order valence-corrected chi connectivity index (χ3v) is 3.91. The van der Waals surface area contributed by atoms with E-state index in [1.807, 2.05) is 54.6 Å². The van der Waals surface area contributed by atoms with Gasteiger partial charge in [0.05, 0.1) is 5.69 Å². The monoisotopic (exact) mass is 367 g/mol. The molecule has 0 saturated heterocycles. The maximum Gasteiger partial charge on any atom is 0.255 e. The van der Waals surface area contributed by atoms with Crippen molar-refractivity contribution in [2.75, 3.05) is 5.32 Å². The molecule has 0 spiro atoms. The minimum atomic E-state index is -0.164. The highest BCUT2D eigenvalue weighted by Gasteiger charge is 2.08. The Balaban J connectivity index is 1.69. The van der Waals surface area contributed by atoms with Gasteiger partial charge in [0.2, 0.25) is 0 Å². The zero-order valence-electron chi connectivity index (χ0n) is 12.2. The van der Waals surface area contributed by atoms with Gasteiger partial charge in [-0.3, -0.25) is 4.79 Å². The molecule has 0 aromatic heterocycles. The van der Waals surface area contributed by atoms with Crippen molar-refractivity contribution < 1.29 is 9.53 Å². The predicted molar refractivity (Wildman–Crippen MR) is 95.1 cm³/mol. The Morgan fingerprint density at radius 1 is 0.783 bits per heavy atom. The van der Waals surface area contributed by atoms with E-state index < -0.39 is 0 Å².